The highest BCUT2D eigenvalue weighted by atomic mass is 19.4. The van der Waals surface area contributed by atoms with Crippen molar-refractivity contribution in [3.8, 4) is 11.4 Å². The van der Waals surface area contributed by atoms with Crippen molar-refractivity contribution in [2.45, 2.75) is 25.6 Å². The number of benzene rings is 2. The van der Waals surface area contributed by atoms with Gasteiger partial charge in [-0.05, 0) is 42.7 Å². The molecule has 2 heterocycles. The zero-order chi connectivity index (χ0) is 19.0. The molecule has 0 unspecified atom stereocenters. The van der Waals surface area contributed by atoms with Crippen molar-refractivity contribution in [1.82, 2.24) is 10.1 Å². The number of hydrogen-bond acceptors (Lipinski definition) is 5. The van der Waals surface area contributed by atoms with Gasteiger partial charge in [-0.15, -0.1) is 0 Å². The van der Waals surface area contributed by atoms with E-state index in [1.54, 1.807) is 0 Å². The minimum atomic E-state index is -4.42. The Morgan fingerprint density at radius 3 is 2.78 bits per heavy atom. The molecule has 1 aliphatic rings. The number of aromatic nitrogens is 2. The normalized spacial score (nSPS) is 14.3. The van der Waals surface area contributed by atoms with Crippen molar-refractivity contribution < 1.29 is 17.7 Å². The lowest BCUT2D eigenvalue weighted by Crippen LogP contribution is -2.29. The fraction of sp³-hybridized carbons (Fsp3) is 0.263. The van der Waals surface area contributed by atoms with Gasteiger partial charge in [0.25, 0.3) is 0 Å². The largest absolute Gasteiger partial charge is 0.416 e. The van der Waals surface area contributed by atoms with Crippen LogP contribution in [0.1, 0.15) is 23.4 Å². The first-order valence-electron chi connectivity index (χ1n) is 8.54. The van der Waals surface area contributed by atoms with Gasteiger partial charge in [0.15, 0.2) is 0 Å². The van der Waals surface area contributed by atoms with Crippen LogP contribution in [0.15, 0.2) is 47.0 Å². The average molecular weight is 374 g/mol. The summed E-state index contributed by atoms with van der Waals surface area (Å²) in [6.07, 6.45) is -2.55. The highest BCUT2D eigenvalue weighted by Gasteiger charge is 2.31. The second-order valence-electron chi connectivity index (χ2n) is 6.46. The first-order valence-corrected chi connectivity index (χ1v) is 8.54. The van der Waals surface area contributed by atoms with Crippen LogP contribution in [0.4, 0.5) is 24.5 Å². The standard InChI is InChI=1S/C19H17F3N4O/c20-19(21,22)13-5-1-4-12(10-13)18-24-17(27-25-18)11-26-9-3-6-14-15(23)7-2-8-16(14)26/h1-2,4-5,7-8,10H,3,6,9,11,23H2. The second kappa shape index (κ2) is 6.61. The molecule has 0 amide bonds. The topological polar surface area (TPSA) is 68.2 Å². The van der Waals surface area contributed by atoms with E-state index in [9.17, 15) is 13.2 Å². The summed E-state index contributed by atoms with van der Waals surface area (Å²) in [5.74, 6) is 0.485. The van der Waals surface area contributed by atoms with E-state index in [0.717, 1.165) is 48.5 Å². The molecule has 1 aliphatic heterocycles. The molecule has 0 aliphatic carbocycles. The van der Waals surface area contributed by atoms with Gasteiger partial charge in [-0.2, -0.15) is 18.2 Å². The molecule has 0 saturated heterocycles. The number of nitrogens with zero attached hydrogens (tertiary/aromatic N) is 3. The van der Waals surface area contributed by atoms with E-state index < -0.39 is 11.7 Å². The lowest BCUT2D eigenvalue weighted by atomic mass is 10.00. The Morgan fingerprint density at radius 1 is 1.15 bits per heavy atom. The van der Waals surface area contributed by atoms with E-state index in [-0.39, 0.29) is 11.4 Å². The second-order valence-corrected chi connectivity index (χ2v) is 6.46. The summed E-state index contributed by atoms with van der Waals surface area (Å²) in [6, 6.07) is 10.7. The van der Waals surface area contributed by atoms with Crippen LogP contribution in [0.25, 0.3) is 11.4 Å². The molecule has 0 spiro atoms. The first-order chi connectivity index (χ1) is 12.9. The predicted molar refractivity (Wildman–Crippen MR) is 95.0 cm³/mol. The van der Waals surface area contributed by atoms with Crippen LogP contribution >= 0.6 is 0 Å². The summed E-state index contributed by atoms with van der Waals surface area (Å²) < 4.78 is 43.9. The number of hydrogen-bond donors (Lipinski definition) is 1. The molecule has 0 atom stereocenters. The van der Waals surface area contributed by atoms with E-state index >= 15 is 0 Å². The van der Waals surface area contributed by atoms with E-state index in [2.05, 4.69) is 15.0 Å². The average Bonchev–Trinajstić information content (AvgIpc) is 3.11. The Labute approximate surface area is 153 Å². The molecular weight excluding hydrogens is 357 g/mol. The molecule has 27 heavy (non-hydrogen) atoms. The van der Waals surface area contributed by atoms with Gasteiger partial charge in [-0.25, -0.2) is 0 Å². The SMILES string of the molecule is Nc1cccc2c1CCCN2Cc1nc(-c2cccc(C(F)(F)F)c2)no1. The van der Waals surface area contributed by atoms with E-state index in [0.29, 0.717) is 12.4 Å². The van der Waals surface area contributed by atoms with Gasteiger partial charge in [0, 0.05) is 23.5 Å². The molecule has 3 aromatic rings. The molecule has 1 aromatic heterocycles. The Morgan fingerprint density at radius 2 is 1.96 bits per heavy atom. The number of fused-ring (bicyclic) bond motifs is 1. The highest BCUT2D eigenvalue weighted by Crippen LogP contribution is 2.33. The summed E-state index contributed by atoms with van der Waals surface area (Å²) in [5.41, 5.74) is 8.46. The Bertz CT molecular complexity index is 968. The van der Waals surface area contributed by atoms with Crippen molar-refractivity contribution in [2.75, 3.05) is 17.2 Å². The molecule has 2 N–H and O–H groups in total. The number of nitrogen functional groups attached to an aromatic ring is 1. The first kappa shape index (κ1) is 17.4. The van der Waals surface area contributed by atoms with Gasteiger partial charge in [0.1, 0.15) is 0 Å². The maximum absolute atomic E-state index is 12.9. The van der Waals surface area contributed by atoms with Crippen molar-refractivity contribution >= 4 is 11.4 Å². The van der Waals surface area contributed by atoms with Crippen LogP contribution in [0.3, 0.4) is 0 Å². The van der Waals surface area contributed by atoms with E-state index in [4.69, 9.17) is 10.3 Å². The molecule has 0 radical (unpaired) electrons. The molecule has 8 heteroatoms. The zero-order valence-electron chi connectivity index (χ0n) is 14.3. The third kappa shape index (κ3) is 3.47. The van der Waals surface area contributed by atoms with Crippen LogP contribution in [-0.4, -0.2) is 16.7 Å². The van der Waals surface area contributed by atoms with Gasteiger partial charge in [-0.3, -0.25) is 0 Å². The predicted octanol–water partition coefficient (Wildman–Crippen LogP) is 4.29. The maximum atomic E-state index is 12.9. The van der Waals surface area contributed by atoms with Crippen LogP contribution in [0.2, 0.25) is 0 Å². The third-order valence-electron chi connectivity index (χ3n) is 4.63. The van der Waals surface area contributed by atoms with Gasteiger partial charge >= 0.3 is 6.18 Å². The van der Waals surface area contributed by atoms with Gasteiger partial charge in [0.05, 0.1) is 12.1 Å². The Kier molecular flexibility index (Phi) is 4.25. The lowest BCUT2D eigenvalue weighted by Gasteiger charge is -2.30. The summed E-state index contributed by atoms with van der Waals surface area (Å²) in [7, 11) is 0. The molecule has 4 rings (SSSR count). The number of anilines is 2. The van der Waals surface area contributed by atoms with Crippen molar-refractivity contribution in [3.63, 3.8) is 0 Å². The summed E-state index contributed by atoms with van der Waals surface area (Å²) in [4.78, 5) is 6.37. The van der Waals surface area contributed by atoms with E-state index in [1.165, 1.54) is 12.1 Å². The summed E-state index contributed by atoms with van der Waals surface area (Å²) in [6.45, 7) is 1.19. The lowest BCUT2D eigenvalue weighted by molar-refractivity contribution is -0.137. The maximum Gasteiger partial charge on any atom is 0.416 e. The fourth-order valence-corrected chi connectivity index (χ4v) is 3.33. The number of rotatable bonds is 3. The molecule has 5 nitrogen and oxygen atoms in total. The third-order valence-corrected chi connectivity index (χ3v) is 4.63. The fourth-order valence-electron chi connectivity index (χ4n) is 3.33. The zero-order valence-corrected chi connectivity index (χ0v) is 14.3. The highest BCUT2D eigenvalue weighted by molar-refractivity contribution is 5.66. The van der Waals surface area contributed by atoms with Crippen LogP contribution in [-0.2, 0) is 19.1 Å². The minimum absolute atomic E-state index is 0.140. The molecule has 0 bridgehead atoms. The van der Waals surface area contributed by atoms with Gasteiger partial charge in [0.2, 0.25) is 11.7 Å². The number of nitrogens with two attached hydrogens (primary N) is 1. The Balaban J connectivity index is 1.58. The minimum Gasteiger partial charge on any atom is -0.398 e. The van der Waals surface area contributed by atoms with Crippen LogP contribution in [0, 0.1) is 0 Å². The molecule has 0 fully saturated rings. The molecule has 2 aromatic carbocycles. The van der Waals surface area contributed by atoms with Crippen LogP contribution in [0.5, 0.6) is 0 Å². The number of halogens is 3. The van der Waals surface area contributed by atoms with Gasteiger partial charge in [-0.1, -0.05) is 23.4 Å². The Hall–Kier alpha value is -3.03. The molecule has 0 saturated carbocycles. The molecular formula is C19H17F3N4O. The summed E-state index contributed by atoms with van der Waals surface area (Å²) >= 11 is 0. The van der Waals surface area contributed by atoms with Crippen LogP contribution < -0.4 is 10.6 Å². The van der Waals surface area contributed by atoms with Gasteiger partial charge < -0.3 is 15.2 Å². The smallest absolute Gasteiger partial charge is 0.398 e. The van der Waals surface area contributed by atoms with Crippen molar-refractivity contribution in [1.29, 1.82) is 0 Å². The number of alkyl halides is 3. The monoisotopic (exact) mass is 374 g/mol. The quantitative estimate of drug-likeness (QED) is 0.693. The molecule has 140 valence electrons. The van der Waals surface area contributed by atoms with Crippen molar-refractivity contribution in [2.24, 2.45) is 0 Å². The van der Waals surface area contributed by atoms with E-state index in [1.807, 2.05) is 18.2 Å². The van der Waals surface area contributed by atoms with Crippen molar-refractivity contribution in [3.05, 3.63) is 59.5 Å². The summed E-state index contributed by atoms with van der Waals surface area (Å²) in [5, 5.41) is 3.84.